The zero-order valence-corrected chi connectivity index (χ0v) is 13.7. The molecule has 5 heteroatoms. The van der Waals surface area contributed by atoms with Crippen LogP contribution in [-0.4, -0.2) is 19.1 Å². The molecule has 3 rings (SSSR count). The number of hydrogen-bond donors (Lipinski definition) is 2. The maximum absolute atomic E-state index is 11.1. The molecule has 0 saturated carbocycles. The number of rotatable bonds is 6. The Morgan fingerprint density at radius 2 is 1.96 bits per heavy atom. The Morgan fingerprint density at radius 1 is 1.21 bits per heavy atom. The highest BCUT2D eigenvalue weighted by atomic mass is 16.5. The summed E-state index contributed by atoms with van der Waals surface area (Å²) in [6, 6.07) is 15.4. The number of carbonyl (C=O) groups excluding carboxylic acids is 1. The van der Waals surface area contributed by atoms with Gasteiger partial charge in [0.15, 0.2) is 0 Å². The molecule has 0 saturated heterocycles. The van der Waals surface area contributed by atoms with Gasteiger partial charge in [-0.1, -0.05) is 6.07 Å². The van der Waals surface area contributed by atoms with Crippen LogP contribution in [-0.2, 0) is 11.3 Å². The number of primary amides is 1. The Labute approximate surface area is 140 Å². The highest BCUT2D eigenvalue weighted by molar-refractivity contribution is 5.83. The fourth-order valence-corrected chi connectivity index (χ4v) is 2.47. The fraction of sp³-hybridized carbons (Fsp3) is 0.211. The van der Waals surface area contributed by atoms with E-state index >= 15 is 0 Å². The first-order valence-electron chi connectivity index (χ1n) is 7.76. The van der Waals surface area contributed by atoms with Crippen LogP contribution in [0.2, 0.25) is 0 Å². The summed E-state index contributed by atoms with van der Waals surface area (Å²) in [6.45, 7) is 2.32. The lowest BCUT2D eigenvalue weighted by atomic mass is 10.1. The summed E-state index contributed by atoms with van der Waals surface area (Å²) < 4.78 is 11.1. The summed E-state index contributed by atoms with van der Waals surface area (Å²) in [6.07, 6.45) is 0. The molecule has 0 spiro atoms. The van der Waals surface area contributed by atoms with Crippen molar-refractivity contribution in [2.45, 2.75) is 19.5 Å². The molecule has 3 aromatic rings. The average Bonchev–Trinajstić information content (AvgIpc) is 3.02. The lowest BCUT2D eigenvalue weighted by Crippen LogP contribution is -2.38. The molecule has 0 aliphatic heterocycles. The molecule has 0 bridgehead atoms. The molecule has 0 aliphatic carbocycles. The Kier molecular flexibility index (Phi) is 4.53. The van der Waals surface area contributed by atoms with E-state index in [4.69, 9.17) is 14.9 Å². The number of amides is 1. The van der Waals surface area contributed by atoms with Crippen LogP contribution in [0.5, 0.6) is 5.75 Å². The third-order valence-electron chi connectivity index (χ3n) is 3.99. The molecule has 0 aliphatic rings. The molecule has 1 atom stereocenters. The lowest BCUT2D eigenvalue weighted by Gasteiger charge is -2.09. The van der Waals surface area contributed by atoms with Gasteiger partial charge in [0.2, 0.25) is 5.91 Å². The van der Waals surface area contributed by atoms with Crippen molar-refractivity contribution in [2.24, 2.45) is 5.73 Å². The first-order chi connectivity index (χ1) is 11.6. The number of hydrogen-bond acceptors (Lipinski definition) is 4. The number of nitrogens with one attached hydrogen (secondary N) is 1. The maximum Gasteiger partial charge on any atom is 0.234 e. The van der Waals surface area contributed by atoms with Gasteiger partial charge >= 0.3 is 0 Å². The van der Waals surface area contributed by atoms with E-state index in [9.17, 15) is 4.79 Å². The summed E-state index contributed by atoms with van der Waals surface area (Å²) in [7, 11) is 1.64. The number of nitrogens with two attached hydrogens (primary N) is 1. The second-order valence-corrected chi connectivity index (χ2v) is 5.72. The third kappa shape index (κ3) is 3.41. The van der Waals surface area contributed by atoms with Gasteiger partial charge in [0.25, 0.3) is 0 Å². The lowest BCUT2D eigenvalue weighted by molar-refractivity contribution is -0.119. The molecule has 24 heavy (non-hydrogen) atoms. The van der Waals surface area contributed by atoms with E-state index in [1.807, 2.05) is 48.5 Å². The van der Waals surface area contributed by atoms with Gasteiger partial charge in [-0.2, -0.15) is 0 Å². The van der Waals surface area contributed by atoms with E-state index in [1.165, 1.54) is 0 Å². The van der Waals surface area contributed by atoms with Crippen LogP contribution in [0.15, 0.2) is 52.9 Å². The van der Waals surface area contributed by atoms with Crippen molar-refractivity contribution in [2.75, 3.05) is 7.11 Å². The Hall–Kier alpha value is -2.79. The van der Waals surface area contributed by atoms with E-state index in [0.717, 1.165) is 33.6 Å². The molecule has 0 unspecified atom stereocenters. The Balaban J connectivity index is 1.81. The van der Waals surface area contributed by atoms with E-state index in [2.05, 4.69) is 5.32 Å². The highest BCUT2D eigenvalue weighted by Gasteiger charge is 2.10. The van der Waals surface area contributed by atoms with Crippen molar-refractivity contribution in [1.29, 1.82) is 0 Å². The van der Waals surface area contributed by atoms with Gasteiger partial charge in [-0.25, -0.2) is 0 Å². The summed E-state index contributed by atoms with van der Waals surface area (Å²) >= 11 is 0. The average molecular weight is 324 g/mol. The summed E-state index contributed by atoms with van der Waals surface area (Å²) in [4.78, 5) is 11.1. The second kappa shape index (κ2) is 6.76. The van der Waals surface area contributed by atoms with E-state index < -0.39 is 0 Å². The van der Waals surface area contributed by atoms with Gasteiger partial charge in [0, 0.05) is 17.5 Å². The number of furan rings is 1. The molecule has 1 heterocycles. The molecule has 5 nitrogen and oxygen atoms in total. The number of ether oxygens (including phenoxy) is 1. The minimum atomic E-state index is -0.361. The van der Waals surface area contributed by atoms with E-state index in [0.29, 0.717) is 6.54 Å². The van der Waals surface area contributed by atoms with Crippen molar-refractivity contribution in [3.63, 3.8) is 0 Å². The molecule has 1 amide bonds. The van der Waals surface area contributed by atoms with Crippen molar-refractivity contribution >= 4 is 16.9 Å². The van der Waals surface area contributed by atoms with Crippen LogP contribution >= 0.6 is 0 Å². The first kappa shape index (κ1) is 16.1. The number of carbonyl (C=O) groups is 1. The normalized spacial score (nSPS) is 12.2. The molecule has 1 aromatic heterocycles. The van der Waals surface area contributed by atoms with Crippen molar-refractivity contribution in [1.82, 2.24) is 5.32 Å². The number of benzene rings is 2. The smallest absolute Gasteiger partial charge is 0.234 e. The van der Waals surface area contributed by atoms with Crippen LogP contribution in [0.25, 0.3) is 22.3 Å². The zero-order chi connectivity index (χ0) is 17.1. The van der Waals surface area contributed by atoms with Crippen LogP contribution < -0.4 is 15.8 Å². The molecule has 3 N–H and O–H groups in total. The van der Waals surface area contributed by atoms with E-state index in [1.54, 1.807) is 14.0 Å². The fourth-order valence-electron chi connectivity index (χ4n) is 2.47. The summed E-state index contributed by atoms with van der Waals surface area (Å²) in [5.41, 5.74) is 8.14. The molecular weight excluding hydrogens is 304 g/mol. The standard InChI is InChI=1S/C19H20N2O3/c1-12(19(20)22)21-11-13-3-8-17-15(9-13)10-18(24-17)14-4-6-16(23-2)7-5-14/h3-10,12,21H,11H2,1-2H3,(H2,20,22)/t12-/m0/s1. The monoisotopic (exact) mass is 324 g/mol. The predicted molar refractivity (Wildman–Crippen MR) is 93.7 cm³/mol. The van der Waals surface area contributed by atoms with E-state index in [-0.39, 0.29) is 11.9 Å². The van der Waals surface area contributed by atoms with Crippen LogP contribution in [0.4, 0.5) is 0 Å². The van der Waals surface area contributed by atoms with Crippen molar-refractivity contribution in [3.8, 4) is 17.1 Å². The van der Waals surface area contributed by atoms with Crippen LogP contribution in [0, 0.1) is 0 Å². The molecule has 124 valence electrons. The van der Waals surface area contributed by atoms with Gasteiger partial charge in [-0.05, 0) is 55.0 Å². The molecule has 2 aromatic carbocycles. The van der Waals surface area contributed by atoms with Crippen molar-refractivity contribution in [3.05, 3.63) is 54.1 Å². The van der Waals surface area contributed by atoms with Gasteiger partial charge < -0.3 is 20.2 Å². The van der Waals surface area contributed by atoms with Gasteiger partial charge in [-0.15, -0.1) is 0 Å². The molecule has 0 radical (unpaired) electrons. The SMILES string of the molecule is COc1ccc(-c2cc3cc(CN[C@@H](C)C(N)=O)ccc3o2)cc1. The topological polar surface area (TPSA) is 77.5 Å². The number of methoxy groups -OCH3 is 1. The predicted octanol–water partition coefficient (Wildman–Crippen LogP) is 3.07. The van der Waals surface area contributed by atoms with Crippen LogP contribution in [0.3, 0.4) is 0 Å². The van der Waals surface area contributed by atoms with Gasteiger partial charge in [-0.3, -0.25) is 4.79 Å². The highest BCUT2D eigenvalue weighted by Crippen LogP contribution is 2.29. The Bertz CT molecular complexity index is 853. The molecule has 0 fully saturated rings. The number of fused-ring (bicyclic) bond motifs is 1. The molecular formula is C19H20N2O3. The Morgan fingerprint density at radius 3 is 2.62 bits per heavy atom. The second-order valence-electron chi connectivity index (χ2n) is 5.72. The minimum Gasteiger partial charge on any atom is -0.497 e. The maximum atomic E-state index is 11.1. The van der Waals surface area contributed by atoms with Crippen LogP contribution in [0.1, 0.15) is 12.5 Å². The largest absolute Gasteiger partial charge is 0.497 e. The quantitative estimate of drug-likeness (QED) is 0.730. The van der Waals surface area contributed by atoms with Gasteiger partial charge in [0.05, 0.1) is 13.2 Å². The van der Waals surface area contributed by atoms with Crippen molar-refractivity contribution < 1.29 is 13.9 Å². The zero-order valence-electron chi connectivity index (χ0n) is 13.7. The first-order valence-corrected chi connectivity index (χ1v) is 7.76. The van der Waals surface area contributed by atoms with Gasteiger partial charge in [0.1, 0.15) is 17.1 Å². The third-order valence-corrected chi connectivity index (χ3v) is 3.99. The minimum absolute atomic E-state index is 0.360. The summed E-state index contributed by atoms with van der Waals surface area (Å²) in [5, 5.41) is 4.12. The summed E-state index contributed by atoms with van der Waals surface area (Å²) in [5.74, 6) is 1.26.